The Kier molecular flexibility index (Phi) is 8.58. The predicted molar refractivity (Wildman–Crippen MR) is 134 cm³/mol. The van der Waals surface area contributed by atoms with Crippen LogP contribution in [0.25, 0.3) is 0 Å². The number of halogens is 2. The van der Waals surface area contributed by atoms with Crippen molar-refractivity contribution in [2.75, 3.05) is 20.2 Å². The van der Waals surface area contributed by atoms with Gasteiger partial charge in [-0.2, -0.15) is 0 Å². The molecule has 11 heteroatoms. The quantitative estimate of drug-likeness (QED) is 0.222. The van der Waals surface area contributed by atoms with E-state index in [9.17, 15) is 14.9 Å². The van der Waals surface area contributed by atoms with Crippen molar-refractivity contribution in [1.82, 2.24) is 14.8 Å². The molecule has 0 spiro atoms. The van der Waals surface area contributed by atoms with E-state index in [0.717, 1.165) is 5.56 Å². The lowest BCUT2D eigenvalue weighted by molar-refractivity contribution is -0.433. The van der Waals surface area contributed by atoms with Crippen LogP contribution < -0.4 is 5.73 Å². The zero-order valence-electron chi connectivity index (χ0n) is 19.7. The predicted octanol–water partition coefficient (Wildman–Crippen LogP) is 4.51. The molecule has 1 aliphatic heterocycles. The van der Waals surface area contributed by atoms with Crippen molar-refractivity contribution in [2.24, 2.45) is 5.73 Å². The molecular weight excluding hydrogens is 493 g/mol. The summed E-state index contributed by atoms with van der Waals surface area (Å²) in [5.41, 5.74) is 7.43. The van der Waals surface area contributed by atoms with E-state index in [4.69, 9.17) is 33.7 Å². The number of nitrogens with two attached hydrogens (primary N) is 1. The molecule has 0 aliphatic carbocycles. The van der Waals surface area contributed by atoms with Gasteiger partial charge in [0.2, 0.25) is 0 Å². The van der Waals surface area contributed by atoms with Crippen molar-refractivity contribution in [3.8, 4) is 0 Å². The lowest BCUT2D eigenvalue weighted by Crippen LogP contribution is -2.43. The van der Waals surface area contributed by atoms with E-state index in [2.05, 4.69) is 4.98 Å². The van der Waals surface area contributed by atoms with Gasteiger partial charge in [0.15, 0.2) is 5.82 Å². The molecular formula is C24H27Cl2N5O4. The zero-order valence-corrected chi connectivity index (χ0v) is 21.2. The van der Waals surface area contributed by atoms with Gasteiger partial charge in [0, 0.05) is 31.4 Å². The first kappa shape index (κ1) is 26.3. The zero-order chi connectivity index (χ0) is 25.7. The molecule has 0 radical (unpaired) electrons. The summed E-state index contributed by atoms with van der Waals surface area (Å²) in [4.78, 5) is 32.6. The number of nitro groups is 1. The van der Waals surface area contributed by atoms with Crippen molar-refractivity contribution in [2.45, 2.75) is 32.7 Å². The molecule has 0 bridgehead atoms. The minimum absolute atomic E-state index is 0.0197. The average molecular weight is 520 g/mol. The topological polar surface area (TPSA) is 115 Å². The second kappa shape index (κ2) is 11.4. The number of carbonyl (C=O) groups excluding carboxylic acids is 1. The number of aromatic nitrogens is 1. The highest BCUT2D eigenvalue weighted by atomic mass is 35.5. The molecule has 35 heavy (non-hydrogen) atoms. The largest absolute Gasteiger partial charge is 0.462 e. The highest BCUT2D eigenvalue weighted by molar-refractivity contribution is 6.31. The van der Waals surface area contributed by atoms with Gasteiger partial charge < -0.3 is 20.3 Å². The monoisotopic (exact) mass is 519 g/mol. The summed E-state index contributed by atoms with van der Waals surface area (Å²) in [5.74, 6) is -1.54. The van der Waals surface area contributed by atoms with Gasteiger partial charge in [-0.3, -0.25) is 10.1 Å². The van der Waals surface area contributed by atoms with Gasteiger partial charge in [0.25, 0.3) is 5.70 Å². The maximum absolute atomic E-state index is 13.1. The van der Waals surface area contributed by atoms with Gasteiger partial charge in [-0.25, -0.2) is 9.78 Å². The standard InChI is InChI=1S/C24H27Cl2N5O4/c1-4-12-35-24(32)20-19(16-8-6-7-9-17(16)25)21(31(33)34)23(29(3)22(20)27)30(5-2)14-15-10-11-18(26)28-13-15/h6-11,13,19H,4-5,12,14,27H2,1-3H3. The van der Waals surface area contributed by atoms with Crippen LogP contribution in [0.1, 0.15) is 37.3 Å². The average Bonchev–Trinajstić information content (AvgIpc) is 2.84. The van der Waals surface area contributed by atoms with Gasteiger partial charge in [-0.05, 0) is 36.6 Å². The van der Waals surface area contributed by atoms with Crippen LogP contribution in [0.15, 0.2) is 65.5 Å². The molecule has 1 atom stereocenters. The van der Waals surface area contributed by atoms with Crippen LogP contribution in [-0.2, 0) is 16.1 Å². The van der Waals surface area contributed by atoms with E-state index in [1.165, 1.54) is 4.90 Å². The minimum atomic E-state index is -1.13. The Bertz CT molecular complexity index is 1170. The lowest BCUT2D eigenvalue weighted by Gasteiger charge is -2.38. The summed E-state index contributed by atoms with van der Waals surface area (Å²) >= 11 is 12.4. The Labute approximate surface area is 213 Å². The second-order valence-electron chi connectivity index (χ2n) is 7.92. The number of nitrogens with zero attached hydrogens (tertiary/aromatic N) is 4. The summed E-state index contributed by atoms with van der Waals surface area (Å²) in [5, 5.41) is 13.2. The number of hydrogen-bond donors (Lipinski definition) is 1. The minimum Gasteiger partial charge on any atom is -0.462 e. The summed E-state index contributed by atoms with van der Waals surface area (Å²) < 4.78 is 5.37. The van der Waals surface area contributed by atoms with E-state index in [1.54, 1.807) is 54.5 Å². The first-order chi connectivity index (χ1) is 16.7. The molecule has 2 N–H and O–H groups in total. The normalized spacial score (nSPS) is 15.9. The smallest absolute Gasteiger partial charge is 0.338 e. The Morgan fingerprint density at radius 3 is 2.54 bits per heavy atom. The van der Waals surface area contributed by atoms with Crippen molar-refractivity contribution >= 4 is 29.2 Å². The molecule has 0 saturated heterocycles. The third kappa shape index (κ3) is 5.52. The summed E-state index contributed by atoms with van der Waals surface area (Å²) in [6, 6.07) is 10.1. The summed E-state index contributed by atoms with van der Waals surface area (Å²) in [6.45, 7) is 4.60. The van der Waals surface area contributed by atoms with Gasteiger partial charge in [-0.15, -0.1) is 0 Å². The fourth-order valence-electron chi connectivity index (χ4n) is 4.01. The third-order valence-corrected chi connectivity index (χ3v) is 6.23. The number of esters is 1. The maximum atomic E-state index is 13.1. The van der Waals surface area contributed by atoms with Crippen molar-refractivity contribution in [3.05, 3.63) is 96.9 Å². The Morgan fingerprint density at radius 2 is 1.97 bits per heavy atom. The van der Waals surface area contributed by atoms with E-state index in [1.807, 2.05) is 13.8 Å². The van der Waals surface area contributed by atoms with Crippen molar-refractivity contribution < 1.29 is 14.5 Å². The highest BCUT2D eigenvalue weighted by Crippen LogP contribution is 2.44. The van der Waals surface area contributed by atoms with Crippen LogP contribution in [0, 0.1) is 10.1 Å². The van der Waals surface area contributed by atoms with Crippen LogP contribution >= 0.6 is 23.2 Å². The Hall–Kier alpha value is -3.30. The van der Waals surface area contributed by atoms with Gasteiger partial charge in [-0.1, -0.05) is 54.4 Å². The third-order valence-electron chi connectivity index (χ3n) is 5.66. The van der Waals surface area contributed by atoms with Gasteiger partial charge >= 0.3 is 5.97 Å². The van der Waals surface area contributed by atoms with Crippen LogP contribution in [0.3, 0.4) is 0 Å². The first-order valence-corrected chi connectivity index (χ1v) is 11.9. The van der Waals surface area contributed by atoms with Crippen molar-refractivity contribution in [1.29, 1.82) is 0 Å². The van der Waals surface area contributed by atoms with E-state index in [0.29, 0.717) is 30.2 Å². The molecule has 1 aliphatic rings. The molecule has 0 amide bonds. The molecule has 0 saturated carbocycles. The molecule has 1 unspecified atom stereocenters. The van der Waals surface area contributed by atoms with Crippen LogP contribution in [0.5, 0.6) is 0 Å². The number of hydrogen-bond acceptors (Lipinski definition) is 8. The van der Waals surface area contributed by atoms with Crippen LogP contribution in [-0.4, -0.2) is 45.9 Å². The Balaban J connectivity index is 2.23. The molecule has 2 heterocycles. The SMILES string of the molecule is CCCOC(=O)C1=C(N)N(C)C(N(CC)Cc2ccc(Cl)nc2)=C([N+](=O)[O-])C1c1ccccc1Cl. The fraction of sp³-hybridized carbons (Fsp3) is 0.333. The molecule has 186 valence electrons. The molecule has 2 aromatic rings. The molecule has 3 rings (SSSR count). The van der Waals surface area contributed by atoms with Crippen LogP contribution in [0.4, 0.5) is 0 Å². The van der Waals surface area contributed by atoms with Crippen LogP contribution in [0.2, 0.25) is 10.2 Å². The molecule has 1 aromatic heterocycles. The lowest BCUT2D eigenvalue weighted by atomic mass is 9.85. The first-order valence-electron chi connectivity index (χ1n) is 11.1. The number of benzene rings is 1. The molecule has 9 nitrogen and oxygen atoms in total. The Morgan fingerprint density at radius 1 is 1.26 bits per heavy atom. The van der Waals surface area contributed by atoms with E-state index < -0.39 is 16.8 Å². The van der Waals surface area contributed by atoms with E-state index >= 15 is 0 Å². The number of rotatable bonds is 9. The fourth-order valence-corrected chi connectivity index (χ4v) is 4.36. The van der Waals surface area contributed by atoms with Crippen molar-refractivity contribution in [3.63, 3.8) is 0 Å². The van der Waals surface area contributed by atoms with E-state index in [-0.39, 0.29) is 34.5 Å². The number of pyridine rings is 1. The van der Waals surface area contributed by atoms with Gasteiger partial charge in [0.05, 0.1) is 17.1 Å². The second-order valence-corrected chi connectivity index (χ2v) is 8.71. The number of carbonyl (C=O) groups is 1. The molecule has 0 fully saturated rings. The maximum Gasteiger partial charge on any atom is 0.338 e. The highest BCUT2D eigenvalue weighted by Gasteiger charge is 2.46. The number of allylic oxidation sites excluding steroid dienone is 1. The summed E-state index contributed by atoms with van der Waals surface area (Å²) in [6.07, 6.45) is 2.20. The number of ether oxygens (including phenoxy) is 1. The molecule has 1 aromatic carbocycles. The summed E-state index contributed by atoms with van der Waals surface area (Å²) in [7, 11) is 1.59. The van der Waals surface area contributed by atoms with Gasteiger partial charge in [0.1, 0.15) is 16.9 Å².